The fraction of sp³-hybridized carbons (Fsp3) is 0.320. The highest BCUT2D eigenvalue weighted by molar-refractivity contribution is 7.98. The van der Waals surface area contributed by atoms with E-state index in [1.54, 1.807) is 17.8 Å². The second kappa shape index (κ2) is 15.9. The lowest BCUT2D eigenvalue weighted by molar-refractivity contribution is -0.104. The summed E-state index contributed by atoms with van der Waals surface area (Å²) in [5.41, 5.74) is 0.775. The second-order valence-corrected chi connectivity index (χ2v) is 8.75. The maximum Gasteiger partial charge on any atom is 0.247 e. The van der Waals surface area contributed by atoms with Crippen molar-refractivity contribution in [1.29, 1.82) is 0 Å². The Balaban J connectivity index is 0.000000945. The molecule has 3 rings (SSSR count). The zero-order valence-electron chi connectivity index (χ0n) is 19.5. The van der Waals surface area contributed by atoms with Crippen molar-refractivity contribution in [1.82, 2.24) is 15.1 Å². The maximum absolute atomic E-state index is 9.06. The van der Waals surface area contributed by atoms with Gasteiger partial charge in [0.05, 0.1) is 24.0 Å². The topological polar surface area (TPSA) is 77.7 Å². The Kier molecular flexibility index (Phi) is 12.9. The first-order valence-electron chi connectivity index (χ1n) is 10.7. The van der Waals surface area contributed by atoms with E-state index in [1.165, 1.54) is 6.08 Å². The van der Waals surface area contributed by atoms with Crippen LogP contribution in [0.2, 0.25) is 5.02 Å². The van der Waals surface area contributed by atoms with Crippen LogP contribution in [0.15, 0.2) is 65.6 Å². The number of para-hydroxylation sites is 1. The Labute approximate surface area is 210 Å². The van der Waals surface area contributed by atoms with E-state index in [1.807, 2.05) is 56.6 Å². The normalized spacial score (nSPS) is 10.4. The highest BCUT2D eigenvalue weighted by Crippen LogP contribution is 2.30. The van der Waals surface area contributed by atoms with Crippen LogP contribution in [0, 0.1) is 0 Å². The molecule has 0 bridgehead atoms. The first kappa shape index (κ1) is 27.4. The van der Waals surface area contributed by atoms with Crippen LogP contribution in [0.5, 0.6) is 11.5 Å². The van der Waals surface area contributed by atoms with Gasteiger partial charge in [0, 0.05) is 17.9 Å². The average Bonchev–Trinajstić information content (AvgIpc) is 3.32. The molecule has 182 valence electrons. The number of hydrogen-bond acceptors (Lipinski definition) is 8. The van der Waals surface area contributed by atoms with Gasteiger partial charge >= 0.3 is 0 Å². The monoisotopic (exact) mass is 503 g/mol. The van der Waals surface area contributed by atoms with Gasteiger partial charge in [-0.15, -0.1) is 22.0 Å². The summed E-state index contributed by atoms with van der Waals surface area (Å²) in [6.07, 6.45) is 2.77. The predicted octanol–water partition coefficient (Wildman–Crippen LogP) is 5.40. The van der Waals surface area contributed by atoms with Crippen LogP contribution in [-0.4, -0.2) is 61.0 Å². The zero-order chi connectivity index (χ0) is 24.6. The first-order chi connectivity index (χ1) is 16.5. The van der Waals surface area contributed by atoms with E-state index < -0.39 is 0 Å². The van der Waals surface area contributed by atoms with Crippen LogP contribution in [0.1, 0.15) is 12.3 Å². The lowest BCUT2D eigenvalue weighted by Gasteiger charge is -2.11. The number of ether oxygens (including phenoxy) is 2. The summed E-state index contributed by atoms with van der Waals surface area (Å²) in [5, 5.41) is 8.78. The molecule has 0 spiro atoms. The van der Waals surface area contributed by atoms with E-state index in [0.717, 1.165) is 30.0 Å². The summed E-state index contributed by atoms with van der Waals surface area (Å²) in [6.45, 7) is 5.32. The maximum atomic E-state index is 9.06. The van der Waals surface area contributed by atoms with E-state index >= 15 is 0 Å². The summed E-state index contributed by atoms with van der Waals surface area (Å²) in [6, 6.07) is 15.3. The quantitative estimate of drug-likeness (QED) is 0.174. The second-order valence-electron chi connectivity index (χ2n) is 7.24. The number of halogens is 1. The highest BCUT2D eigenvalue weighted by Gasteiger charge is 2.11. The number of hydrogen-bond donors (Lipinski definition) is 0. The number of nitrogens with zero attached hydrogens (tertiary/aromatic N) is 3. The molecule has 2 aromatic carbocycles. The van der Waals surface area contributed by atoms with Gasteiger partial charge in [0.2, 0.25) is 11.8 Å². The number of benzene rings is 2. The van der Waals surface area contributed by atoms with Crippen LogP contribution < -0.4 is 9.47 Å². The number of aldehydes is 1. The van der Waals surface area contributed by atoms with Crippen LogP contribution in [-0.2, 0) is 10.5 Å². The number of allylic oxidation sites excluding steroid dienone is 1. The third kappa shape index (κ3) is 10.4. The molecule has 3 aromatic rings. The van der Waals surface area contributed by atoms with Crippen molar-refractivity contribution in [2.24, 2.45) is 0 Å². The van der Waals surface area contributed by atoms with Gasteiger partial charge in [0.15, 0.2) is 0 Å². The van der Waals surface area contributed by atoms with Crippen molar-refractivity contribution in [3.05, 3.63) is 72.1 Å². The van der Waals surface area contributed by atoms with Gasteiger partial charge in [-0.25, -0.2) is 0 Å². The number of carbonyl (C=O) groups excluding carboxylic acids is 1. The number of thioether (sulfide) groups is 1. The lowest BCUT2D eigenvalue weighted by Crippen LogP contribution is -2.15. The number of rotatable bonds is 13. The van der Waals surface area contributed by atoms with Crippen molar-refractivity contribution in [2.45, 2.75) is 12.2 Å². The van der Waals surface area contributed by atoms with Gasteiger partial charge in [-0.2, -0.15) is 0 Å². The molecular formula is C25H30ClN3O4S. The van der Waals surface area contributed by atoms with E-state index in [0.29, 0.717) is 47.8 Å². The molecule has 0 amide bonds. The summed E-state index contributed by atoms with van der Waals surface area (Å²) >= 11 is 8.04. The van der Waals surface area contributed by atoms with Crippen LogP contribution in [0.4, 0.5) is 0 Å². The summed E-state index contributed by atoms with van der Waals surface area (Å²) in [4.78, 5) is 11.2. The minimum absolute atomic E-state index is 0.451. The van der Waals surface area contributed by atoms with Gasteiger partial charge in [0.1, 0.15) is 17.8 Å². The predicted molar refractivity (Wildman–Crippen MR) is 138 cm³/mol. The molecule has 0 fully saturated rings. The average molecular weight is 504 g/mol. The molecule has 9 heteroatoms. The Morgan fingerprint density at radius 1 is 1.12 bits per heavy atom. The van der Waals surface area contributed by atoms with Gasteiger partial charge in [-0.1, -0.05) is 36.4 Å². The number of carbonyl (C=O) groups is 1. The fourth-order valence-corrected chi connectivity index (χ4v) is 3.51. The molecular weight excluding hydrogens is 474 g/mol. The van der Waals surface area contributed by atoms with Crippen molar-refractivity contribution >= 4 is 29.6 Å². The van der Waals surface area contributed by atoms with Gasteiger partial charge in [0.25, 0.3) is 0 Å². The molecule has 0 aliphatic rings. The molecule has 0 radical (unpaired) electrons. The molecule has 0 aliphatic carbocycles. The van der Waals surface area contributed by atoms with Crippen molar-refractivity contribution in [3.63, 3.8) is 0 Å². The van der Waals surface area contributed by atoms with Crippen molar-refractivity contribution in [3.8, 4) is 23.0 Å². The number of aromatic nitrogens is 2. The van der Waals surface area contributed by atoms with E-state index in [2.05, 4.69) is 21.7 Å². The molecule has 7 nitrogen and oxygen atoms in total. The van der Waals surface area contributed by atoms with Crippen molar-refractivity contribution in [2.75, 3.05) is 39.6 Å². The Hall–Kier alpha value is -2.81. The molecule has 1 aromatic heterocycles. The van der Waals surface area contributed by atoms with Crippen LogP contribution in [0.3, 0.4) is 0 Å². The van der Waals surface area contributed by atoms with Crippen LogP contribution >= 0.6 is 23.4 Å². The lowest BCUT2D eigenvalue weighted by atomic mass is 10.2. The fourth-order valence-electron chi connectivity index (χ4n) is 2.64. The van der Waals surface area contributed by atoms with Gasteiger partial charge in [-0.3, -0.25) is 4.79 Å². The standard InChI is InChI=1S/C22H26ClN3O3S.C3H4O/c1-26(2)11-6-12-28-20-10-9-17(15-19(20)23)22-25-24-21(29-22)16-30-14-13-27-18-7-4-3-5-8-18;1-2-3-4/h3-5,7-10,15H,6,11-14,16H2,1-2H3;2-3H,1H2. The molecule has 34 heavy (non-hydrogen) atoms. The minimum Gasteiger partial charge on any atom is -0.493 e. The molecule has 1 heterocycles. The molecule has 0 saturated heterocycles. The molecule has 0 atom stereocenters. The van der Waals surface area contributed by atoms with Gasteiger partial charge in [-0.05, 0) is 56.9 Å². The Morgan fingerprint density at radius 2 is 1.88 bits per heavy atom. The largest absolute Gasteiger partial charge is 0.493 e. The summed E-state index contributed by atoms with van der Waals surface area (Å²) < 4.78 is 17.2. The zero-order valence-corrected chi connectivity index (χ0v) is 21.1. The van der Waals surface area contributed by atoms with Crippen LogP contribution in [0.25, 0.3) is 11.5 Å². The molecule has 0 unspecified atom stereocenters. The van der Waals surface area contributed by atoms with Crippen molar-refractivity contribution < 1.29 is 18.7 Å². The summed E-state index contributed by atoms with van der Waals surface area (Å²) in [7, 11) is 4.08. The highest BCUT2D eigenvalue weighted by atomic mass is 35.5. The molecule has 0 saturated carbocycles. The summed E-state index contributed by atoms with van der Waals surface area (Å²) in [5.74, 6) is 4.03. The molecule has 0 N–H and O–H groups in total. The van der Waals surface area contributed by atoms with E-state index in [4.69, 9.17) is 30.3 Å². The SMILES string of the molecule is C=CC=O.CN(C)CCCOc1ccc(-c2nnc(CSCCOc3ccccc3)o2)cc1Cl. The third-order valence-electron chi connectivity index (χ3n) is 4.21. The minimum atomic E-state index is 0.451. The van der Waals surface area contributed by atoms with E-state index in [-0.39, 0.29) is 0 Å². The molecule has 0 aliphatic heterocycles. The Morgan fingerprint density at radius 3 is 2.56 bits per heavy atom. The first-order valence-corrected chi connectivity index (χ1v) is 12.3. The third-order valence-corrected chi connectivity index (χ3v) is 5.42. The Bertz CT molecular complexity index is 993. The smallest absolute Gasteiger partial charge is 0.247 e. The van der Waals surface area contributed by atoms with Gasteiger partial charge < -0.3 is 18.8 Å². The van der Waals surface area contributed by atoms with E-state index in [9.17, 15) is 0 Å².